The van der Waals surface area contributed by atoms with Crippen LogP contribution in [0.2, 0.25) is 0 Å². The monoisotopic (exact) mass is 310 g/mol. The molecular weight excluding hydrogens is 295 g/mol. The predicted molar refractivity (Wildman–Crippen MR) is 67.6 cm³/mol. The molecule has 3 nitrogen and oxygen atoms in total. The van der Waals surface area contributed by atoms with Gasteiger partial charge in [-0.3, -0.25) is 0 Å². The van der Waals surface area contributed by atoms with E-state index in [0.717, 1.165) is 38.1 Å². The third kappa shape index (κ3) is 4.20. The van der Waals surface area contributed by atoms with Gasteiger partial charge < -0.3 is 15.4 Å². The molecule has 118 valence electrons. The van der Waals surface area contributed by atoms with Gasteiger partial charge in [0.25, 0.3) is 0 Å². The molecule has 0 aromatic heterocycles. The summed E-state index contributed by atoms with van der Waals surface area (Å²) in [6.07, 6.45) is -9.09. The molecule has 0 bridgehead atoms. The van der Waals surface area contributed by atoms with E-state index in [1.807, 2.05) is 0 Å². The first-order chi connectivity index (χ1) is 9.78. The van der Waals surface area contributed by atoms with Gasteiger partial charge >= 0.3 is 12.3 Å². The Morgan fingerprint density at radius 1 is 1.00 bits per heavy atom. The summed E-state index contributed by atoms with van der Waals surface area (Å²) in [7, 11) is 0. The molecule has 8 heteroatoms. The summed E-state index contributed by atoms with van der Waals surface area (Å²) in [6, 6.07) is 5.27. The fraction of sp³-hybridized carbons (Fsp3) is 0.538. The van der Waals surface area contributed by atoms with Crippen molar-refractivity contribution in [1.82, 2.24) is 5.32 Å². The number of hydrogen-bond acceptors (Lipinski definition) is 3. The van der Waals surface area contributed by atoms with E-state index in [1.54, 1.807) is 0 Å². The second-order valence-electron chi connectivity index (χ2n) is 4.81. The topological polar surface area (TPSA) is 33.3 Å². The van der Waals surface area contributed by atoms with Crippen LogP contribution in [0.1, 0.15) is 12.8 Å². The lowest BCUT2D eigenvalue weighted by Gasteiger charge is -2.25. The lowest BCUT2D eigenvalue weighted by atomic mass is 10.1. The molecule has 0 atom stereocenters. The largest absolute Gasteiger partial charge is 0.499 e. The number of anilines is 1. The van der Waals surface area contributed by atoms with E-state index in [2.05, 4.69) is 15.4 Å². The van der Waals surface area contributed by atoms with Crippen molar-refractivity contribution in [2.45, 2.75) is 31.2 Å². The molecule has 1 heterocycles. The van der Waals surface area contributed by atoms with Crippen LogP contribution in [0.4, 0.5) is 27.6 Å². The Bertz CT molecular complexity index is 455. The van der Waals surface area contributed by atoms with E-state index in [4.69, 9.17) is 0 Å². The van der Waals surface area contributed by atoms with Crippen molar-refractivity contribution in [2.75, 3.05) is 18.4 Å². The SMILES string of the molecule is FC(F)(F)C(F)(F)Oc1ccc(NC2CCNCC2)cc1. The van der Waals surface area contributed by atoms with Crippen molar-refractivity contribution < 1.29 is 26.7 Å². The van der Waals surface area contributed by atoms with Crippen LogP contribution in [-0.4, -0.2) is 31.4 Å². The minimum Gasteiger partial charge on any atom is -0.426 e. The first-order valence-electron chi connectivity index (χ1n) is 6.49. The van der Waals surface area contributed by atoms with Gasteiger partial charge in [-0.2, -0.15) is 22.0 Å². The maximum atomic E-state index is 12.7. The van der Waals surface area contributed by atoms with Crippen LogP contribution < -0.4 is 15.4 Å². The number of alkyl halides is 5. The van der Waals surface area contributed by atoms with Crippen molar-refractivity contribution in [3.63, 3.8) is 0 Å². The van der Waals surface area contributed by atoms with Crippen LogP contribution in [0, 0.1) is 0 Å². The third-order valence-corrected chi connectivity index (χ3v) is 3.14. The standard InChI is InChI=1S/C13H15F5N2O/c14-12(15,16)13(17,18)21-11-3-1-9(2-4-11)20-10-5-7-19-8-6-10/h1-4,10,19-20H,5-8H2. The Morgan fingerprint density at radius 3 is 2.10 bits per heavy atom. The molecular formula is C13H15F5N2O. The molecule has 1 fully saturated rings. The minimum atomic E-state index is -5.74. The summed E-state index contributed by atoms with van der Waals surface area (Å²) in [5.74, 6) is -0.534. The second kappa shape index (κ2) is 6.05. The molecule has 1 aliphatic rings. The molecule has 0 radical (unpaired) electrons. The summed E-state index contributed by atoms with van der Waals surface area (Å²) in [4.78, 5) is 0. The van der Waals surface area contributed by atoms with E-state index in [-0.39, 0.29) is 6.04 Å². The molecule has 0 spiro atoms. The highest BCUT2D eigenvalue weighted by Gasteiger charge is 2.61. The quantitative estimate of drug-likeness (QED) is 0.837. The average molecular weight is 310 g/mol. The number of nitrogens with one attached hydrogen (secondary N) is 2. The van der Waals surface area contributed by atoms with E-state index < -0.39 is 18.0 Å². The van der Waals surface area contributed by atoms with Gasteiger partial charge in [-0.1, -0.05) is 0 Å². The Hall–Kier alpha value is -1.57. The number of ether oxygens (including phenoxy) is 1. The van der Waals surface area contributed by atoms with Crippen LogP contribution in [0.5, 0.6) is 5.75 Å². The van der Waals surface area contributed by atoms with Crippen LogP contribution >= 0.6 is 0 Å². The average Bonchev–Trinajstić information content (AvgIpc) is 2.41. The zero-order valence-corrected chi connectivity index (χ0v) is 11.0. The minimum absolute atomic E-state index is 0.259. The molecule has 2 N–H and O–H groups in total. The van der Waals surface area contributed by atoms with Crippen LogP contribution in [-0.2, 0) is 0 Å². The summed E-state index contributed by atoms with van der Waals surface area (Å²) < 4.78 is 65.2. The predicted octanol–water partition coefficient (Wildman–Crippen LogP) is 3.38. The van der Waals surface area contributed by atoms with Gasteiger partial charge in [0.1, 0.15) is 5.75 Å². The molecule has 21 heavy (non-hydrogen) atoms. The van der Waals surface area contributed by atoms with Crippen molar-refractivity contribution >= 4 is 5.69 Å². The summed E-state index contributed by atoms with van der Waals surface area (Å²) in [6.45, 7) is 1.77. The molecule has 0 aliphatic carbocycles. The molecule has 0 unspecified atom stereocenters. The van der Waals surface area contributed by atoms with Crippen molar-refractivity contribution in [2.24, 2.45) is 0 Å². The van der Waals surface area contributed by atoms with Crippen molar-refractivity contribution in [3.05, 3.63) is 24.3 Å². The Morgan fingerprint density at radius 2 is 1.57 bits per heavy atom. The third-order valence-electron chi connectivity index (χ3n) is 3.14. The Labute approximate surface area is 118 Å². The fourth-order valence-electron chi connectivity index (χ4n) is 2.03. The molecule has 1 aromatic rings. The van der Waals surface area contributed by atoms with Crippen molar-refractivity contribution in [1.29, 1.82) is 0 Å². The second-order valence-corrected chi connectivity index (χ2v) is 4.81. The highest BCUT2D eigenvalue weighted by Crippen LogP contribution is 2.37. The first kappa shape index (κ1) is 15.8. The molecule has 1 aliphatic heterocycles. The van der Waals surface area contributed by atoms with E-state index in [9.17, 15) is 22.0 Å². The van der Waals surface area contributed by atoms with Gasteiger partial charge in [0.15, 0.2) is 0 Å². The molecule has 1 saturated heterocycles. The normalized spacial score (nSPS) is 17.6. The number of halogens is 5. The van der Waals surface area contributed by atoms with E-state index >= 15 is 0 Å². The maximum absolute atomic E-state index is 12.7. The van der Waals surface area contributed by atoms with Gasteiger partial charge in [-0.15, -0.1) is 0 Å². The molecule has 0 amide bonds. The summed E-state index contributed by atoms with van der Waals surface area (Å²) in [5.41, 5.74) is 0.657. The number of hydrogen-bond donors (Lipinski definition) is 2. The molecule has 0 saturated carbocycles. The first-order valence-corrected chi connectivity index (χ1v) is 6.49. The van der Waals surface area contributed by atoms with E-state index in [1.165, 1.54) is 12.1 Å². The van der Waals surface area contributed by atoms with Gasteiger partial charge in [0.2, 0.25) is 0 Å². The van der Waals surface area contributed by atoms with Crippen LogP contribution in [0.25, 0.3) is 0 Å². The zero-order valence-electron chi connectivity index (χ0n) is 11.0. The van der Waals surface area contributed by atoms with E-state index in [0.29, 0.717) is 5.69 Å². The van der Waals surface area contributed by atoms with Crippen LogP contribution in [0.3, 0.4) is 0 Å². The summed E-state index contributed by atoms with van der Waals surface area (Å²) in [5, 5.41) is 6.40. The summed E-state index contributed by atoms with van der Waals surface area (Å²) >= 11 is 0. The van der Waals surface area contributed by atoms with Crippen molar-refractivity contribution in [3.8, 4) is 5.75 Å². The highest BCUT2D eigenvalue weighted by molar-refractivity contribution is 5.47. The Kier molecular flexibility index (Phi) is 4.55. The number of piperidine rings is 1. The van der Waals surface area contributed by atoms with Gasteiger partial charge in [-0.25, -0.2) is 0 Å². The zero-order chi connectivity index (χ0) is 15.5. The Balaban J connectivity index is 1.95. The van der Waals surface area contributed by atoms with Gasteiger partial charge in [0.05, 0.1) is 0 Å². The number of benzene rings is 1. The lowest BCUT2D eigenvalue weighted by molar-refractivity contribution is -0.360. The smallest absolute Gasteiger partial charge is 0.426 e. The lowest BCUT2D eigenvalue weighted by Crippen LogP contribution is -2.41. The number of rotatable bonds is 4. The van der Waals surface area contributed by atoms with Gasteiger partial charge in [0, 0.05) is 11.7 Å². The fourth-order valence-corrected chi connectivity index (χ4v) is 2.03. The molecule has 1 aromatic carbocycles. The highest BCUT2D eigenvalue weighted by atomic mass is 19.4. The maximum Gasteiger partial charge on any atom is 0.499 e. The van der Waals surface area contributed by atoms with Gasteiger partial charge in [-0.05, 0) is 50.2 Å². The molecule has 2 rings (SSSR count). The van der Waals surface area contributed by atoms with Crippen LogP contribution in [0.15, 0.2) is 24.3 Å².